The molecular weight excluding hydrogens is 460 g/mol. The summed E-state index contributed by atoms with van der Waals surface area (Å²) in [6, 6.07) is 10.2. The van der Waals surface area contributed by atoms with Gasteiger partial charge in [-0.1, -0.05) is 18.2 Å². The molecule has 13 heteroatoms. The van der Waals surface area contributed by atoms with Crippen LogP contribution in [0.4, 0.5) is 14.5 Å². The first-order valence-corrected chi connectivity index (χ1v) is 11.9. The molecule has 0 unspecified atom stereocenters. The number of carbonyl (C=O) groups excluding carboxylic acids is 1. The molecule has 1 heterocycles. The van der Waals surface area contributed by atoms with E-state index in [9.17, 15) is 30.4 Å². The number of sulfonamides is 2. The van der Waals surface area contributed by atoms with Gasteiger partial charge in [-0.3, -0.25) is 14.9 Å². The second kappa shape index (κ2) is 8.47. The zero-order chi connectivity index (χ0) is 21.9. The fraction of sp³-hybridized carbons (Fsp3) is 0. The van der Waals surface area contributed by atoms with Crippen molar-refractivity contribution in [1.82, 2.24) is 10.3 Å². The number of benzene rings is 2. The number of rotatable bonds is 7. The van der Waals surface area contributed by atoms with Gasteiger partial charge < -0.3 is 0 Å². The second-order valence-corrected chi connectivity index (χ2v) is 10.2. The number of anilines is 1. The van der Waals surface area contributed by atoms with E-state index < -0.39 is 42.5 Å². The largest absolute Gasteiger partial charge is 0.278 e. The Morgan fingerprint density at radius 1 is 0.900 bits per heavy atom. The topological polar surface area (TPSA) is 121 Å². The Bertz CT molecular complexity index is 1290. The van der Waals surface area contributed by atoms with Gasteiger partial charge in [-0.15, -0.1) is 16.2 Å². The van der Waals surface area contributed by atoms with E-state index in [0.29, 0.717) is 12.1 Å². The minimum atomic E-state index is -4.55. The highest BCUT2D eigenvalue weighted by atomic mass is 32.2. The molecule has 3 rings (SSSR count). The zero-order valence-electron chi connectivity index (χ0n) is 14.8. The number of carbonyl (C=O) groups is 1. The van der Waals surface area contributed by atoms with E-state index in [0.717, 1.165) is 17.4 Å². The molecule has 1 amide bonds. The van der Waals surface area contributed by atoms with Gasteiger partial charge in [0.05, 0.1) is 11.3 Å². The Balaban J connectivity index is 1.80. The predicted octanol–water partition coefficient (Wildman–Crippen LogP) is 2.45. The van der Waals surface area contributed by atoms with Crippen molar-refractivity contribution in [2.45, 2.75) is 9.10 Å². The van der Waals surface area contributed by atoms with Gasteiger partial charge in [-0.2, -0.15) is 0 Å². The third kappa shape index (κ3) is 4.81. The molecule has 0 atom stereocenters. The Hall–Kier alpha value is -2.87. The molecule has 0 aliphatic heterocycles. The molecule has 30 heavy (non-hydrogen) atoms. The van der Waals surface area contributed by atoms with Crippen LogP contribution in [0, 0.1) is 11.6 Å². The van der Waals surface area contributed by atoms with E-state index in [1.54, 1.807) is 16.3 Å². The van der Waals surface area contributed by atoms with E-state index in [2.05, 4.69) is 4.72 Å². The molecule has 158 valence electrons. The van der Waals surface area contributed by atoms with Crippen molar-refractivity contribution < 1.29 is 30.4 Å². The molecule has 0 fully saturated rings. The molecule has 0 spiro atoms. The van der Waals surface area contributed by atoms with Crippen LogP contribution >= 0.6 is 11.3 Å². The number of para-hydroxylation sites is 1. The van der Waals surface area contributed by atoms with Crippen LogP contribution in [0.25, 0.3) is 0 Å². The Morgan fingerprint density at radius 2 is 1.63 bits per heavy atom. The molecule has 8 nitrogen and oxygen atoms in total. The summed E-state index contributed by atoms with van der Waals surface area (Å²) >= 11 is 0.972. The molecule has 0 aliphatic rings. The molecular formula is C17H13F2N3O5S3. The van der Waals surface area contributed by atoms with Gasteiger partial charge in [0.15, 0.2) is 0 Å². The molecule has 0 radical (unpaired) electrons. The molecule has 0 saturated heterocycles. The average Bonchev–Trinajstić information content (AvgIpc) is 3.22. The fourth-order valence-electron chi connectivity index (χ4n) is 2.31. The quantitative estimate of drug-likeness (QED) is 0.455. The van der Waals surface area contributed by atoms with Gasteiger partial charge in [0, 0.05) is 6.07 Å². The predicted molar refractivity (Wildman–Crippen MR) is 106 cm³/mol. The Morgan fingerprint density at radius 3 is 2.30 bits per heavy atom. The number of thiophene rings is 1. The maximum atomic E-state index is 13.7. The number of halogens is 2. The van der Waals surface area contributed by atoms with Gasteiger partial charge in [-0.05, 0) is 35.7 Å². The van der Waals surface area contributed by atoms with E-state index >= 15 is 0 Å². The molecule has 0 aliphatic carbocycles. The van der Waals surface area contributed by atoms with Crippen molar-refractivity contribution in [3.05, 3.63) is 77.2 Å². The van der Waals surface area contributed by atoms with Crippen LogP contribution in [0.1, 0.15) is 10.4 Å². The lowest BCUT2D eigenvalue weighted by Crippen LogP contribution is -2.42. The van der Waals surface area contributed by atoms with Crippen LogP contribution in [0.5, 0.6) is 0 Å². The van der Waals surface area contributed by atoms with E-state index in [4.69, 9.17) is 0 Å². The van der Waals surface area contributed by atoms with Crippen molar-refractivity contribution in [1.29, 1.82) is 0 Å². The Kier molecular flexibility index (Phi) is 6.17. The molecule has 3 aromatic rings. The molecule has 1 aromatic heterocycles. The highest BCUT2D eigenvalue weighted by molar-refractivity contribution is 7.94. The maximum Gasteiger partial charge on any atom is 0.271 e. The summed E-state index contributed by atoms with van der Waals surface area (Å²) in [6.07, 6.45) is 0. The number of nitrogens with one attached hydrogen (secondary N) is 3. The summed E-state index contributed by atoms with van der Waals surface area (Å²) in [7, 11) is -8.51. The molecule has 0 bridgehead atoms. The Labute approximate surface area is 174 Å². The van der Waals surface area contributed by atoms with Crippen LogP contribution in [0.15, 0.2) is 69.1 Å². The van der Waals surface area contributed by atoms with Crippen LogP contribution in [-0.4, -0.2) is 22.7 Å². The highest BCUT2D eigenvalue weighted by Gasteiger charge is 2.23. The fourth-order valence-corrected chi connectivity index (χ4v) is 5.28. The normalized spacial score (nSPS) is 11.8. The molecule has 3 N–H and O–H groups in total. The summed E-state index contributed by atoms with van der Waals surface area (Å²) in [6.45, 7) is 0. The summed E-state index contributed by atoms with van der Waals surface area (Å²) < 4.78 is 78.1. The van der Waals surface area contributed by atoms with Gasteiger partial charge >= 0.3 is 0 Å². The first-order valence-electron chi connectivity index (χ1n) is 8.03. The molecule has 0 saturated carbocycles. The molecule has 2 aromatic carbocycles. The number of hydrogen-bond acceptors (Lipinski definition) is 6. The summed E-state index contributed by atoms with van der Waals surface area (Å²) in [4.78, 5) is 13.2. The van der Waals surface area contributed by atoms with E-state index in [1.807, 2.05) is 5.43 Å². The first-order chi connectivity index (χ1) is 14.1. The van der Waals surface area contributed by atoms with E-state index in [-0.39, 0.29) is 15.5 Å². The minimum Gasteiger partial charge on any atom is -0.278 e. The van der Waals surface area contributed by atoms with Crippen molar-refractivity contribution in [3.63, 3.8) is 0 Å². The third-order valence-electron chi connectivity index (χ3n) is 3.66. The van der Waals surface area contributed by atoms with Crippen LogP contribution < -0.4 is 15.0 Å². The highest BCUT2D eigenvalue weighted by Crippen LogP contribution is 2.23. The van der Waals surface area contributed by atoms with Crippen molar-refractivity contribution >= 4 is 43.0 Å². The number of hydrogen-bond donors (Lipinski definition) is 3. The lowest BCUT2D eigenvalue weighted by atomic mass is 10.2. The third-order valence-corrected chi connectivity index (χ3v) is 7.70. The van der Waals surface area contributed by atoms with Crippen molar-refractivity contribution in [2.75, 3.05) is 4.72 Å². The zero-order valence-corrected chi connectivity index (χ0v) is 17.2. The number of amides is 1. The van der Waals surface area contributed by atoms with Gasteiger partial charge in [0.25, 0.3) is 26.0 Å². The van der Waals surface area contributed by atoms with Gasteiger partial charge in [-0.25, -0.2) is 25.6 Å². The SMILES string of the molecule is O=C(NNS(=O)(=O)c1ccc(F)cc1F)c1ccccc1NS(=O)(=O)c1cccs1. The lowest BCUT2D eigenvalue weighted by Gasteiger charge is -2.13. The van der Waals surface area contributed by atoms with Gasteiger partial charge in [0.1, 0.15) is 20.7 Å². The van der Waals surface area contributed by atoms with Crippen LogP contribution in [0.3, 0.4) is 0 Å². The smallest absolute Gasteiger partial charge is 0.271 e. The minimum absolute atomic E-state index is 0.0187. The van der Waals surface area contributed by atoms with E-state index in [1.165, 1.54) is 30.3 Å². The van der Waals surface area contributed by atoms with Crippen molar-refractivity contribution in [3.8, 4) is 0 Å². The van der Waals surface area contributed by atoms with Crippen molar-refractivity contribution in [2.24, 2.45) is 0 Å². The van der Waals surface area contributed by atoms with Crippen LogP contribution in [0.2, 0.25) is 0 Å². The summed E-state index contributed by atoms with van der Waals surface area (Å²) in [5.41, 5.74) is 1.58. The summed E-state index contributed by atoms with van der Waals surface area (Å²) in [5.74, 6) is -3.33. The van der Waals surface area contributed by atoms with Crippen LogP contribution in [-0.2, 0) is 20.0 Å². The first kappa shape index (κ1) is 21.8. The second-order valence-electron chi connectivity index (χ2n) is 5.72. The maximum absolute atomic E-state index is 13.7. The number of hydrazine groups is 1. The monoisotopic (exact) mass is 473 g/mol. The lowest BCUT2D eigenvalue weighted by molar-refractivity contribution is 0.0946. The van der Waals surface area contributed by atoms with Gasteiger partial charge in [0.2, 0.25) is 0 Å². The summed E-state index contributed by atoms with van der Waals surface area (Å²) in [5, 5.41) is 1.57. The standard InChI is InChI=1S/C17H13F2N3O5S3/c18-11-7-8-15(13(19)10-11)29(24,25)22-20-17(23)12-4-1-2-5-14(12)21-30(26,27)16-6-3-9-28-16/h1-10,21-22H,(H,20,23). The average molecular weight is 474 g/mol.